The van der Waals surface area contributed by atoms with Gasteiger partial charge in [0.05, 0.1) is 12.4 Å². The van der Waals surface area contributed by atoms with Crippen molar-refractivity contribution in [3.05, 3.63) is 84.0 Å². The highest BCUT2D eigenvalue weighted by molar-refractivity contribution is 7.98. The molecule has 58 heavy (non-hydrogen) atoms. The van der Waals surface area contributed by atoms with Gasteiger partial charge in [0.1, 0.15) is 15.9 Å². The SMILES string of the molecule is C=CC(=C)C[C@H](C)N(Cc1ccc(C(=O)NC(CCS(C)(=O)=O)C(=O)O)c(-c2ccccc2C)c1)[C@H](CC)COC.CC.CC[C@@H](N)CSC.CSCCCC(=O)O. The molecule has 1 amide bonds. The largest absolute Gasteiger partial charge is 0.481 e. The van der Waals surface area contributed by atoms with Gasteiger partial charge in [-0.1, -0.05) is 82.8 Å². The fourth-order valence-electron chi connectivity index (χ4n) is 5.59. The molecule has 2 aromatic carbocycles. The molecule has 0 aliphatic carbocycles. The van der Waals surface area contributed by atoms with E-state index in [0.29, 0.717) is 36.7 Å². The fourth-order valence-corrected chi connectivity index (χ4v) is 7.35. The Kier molecular flexibility index (Phi) is 32.1. The first kappa shape index (κ1) is 57.0. The van der Waals surface area contributed by atoms with Crippen LogP contribution in [0.3, 0.4) is 0 Å². The second-order valence-electron chi connectivity index (χ2n) is 13.7. The first-order valence-electron chi connectivity index (χ1n) is 19.8. The molecule has 330 valence electrons. The van der Waals surface area contributed by atoms with Crippen molar-refractivity contribution in [2.24, 2.45) is 5.73 Å². The Labute approximate surface area is 359 Å². The number of hydrogen-bond donors (Lipinski definition) is 4. The van der Waals surface area contributed by atoms with Gasteiger partial charge in [-0.2, -0.15) is 23.5 Å². The second-order valence-corrected chi connectivity index (χ2v) is 17.9. The zero-order valence-corrected chi connectivity index (χ0v) is 39.2. The highest BCUT2D eigenvalue weighted by Crippen LogP contribution is 2.30. The van der Waals surface area contributed by atoms with E-state index < -0.39 is 33.7 Å². The normalized spacial score (nSPS) is 12.8. The van der Waals surface area contributed by atoms with E-state index in [1.54, 1.807) is 31.0 Å². The number of thioether (sulfide) groups is 2. The maximum atomic E-state index is 13.5. The highest BCUT2D eigenvalue weighted by Gasteiger charge is 2.26. The van der Waals surface area contributed by atoms with Crippen LogP contribution in [0.1, 0.15) is 94.6 Å². The van der Waals surface area contributed by atoms with Crippen LogP contribution >= 0.6 is 23.5 Å². The minimum atomic E-state index is -3.40. The van der Waals surface area contributed by atoms with Crippen molar-refractivity contribution >= 4 is 51.2 Å². The second kappa shape index (κ2) is 32.7. The van der Waals surface area contributed by atoms with Gasteiger partial charge in [0.2, 0.25) is 0 Å². The highest BCUT2D eigenvalue weighted by atomic mass is 32.2. The summed E-state index contributed by atoms with van der Waals surface area (Å²) in [6.07, 6.45) is 10.5. The Hall–Kier alpha value is -3.14. The molecule has 11 nitrogen and oxygen atoms in total. The van der Waals surface area contributed by atoms with Crippen LogP contribution < -0.4 is 11.1 Å². The zero-order chi connectivity index (χ0) is 44.8. The number of benzene rings is 2. The van der Waals surface area contributed by atoms with Crippen molar-refractivity contribution < 1.29 is 37.8 Å². The van der Waals surface area contributed by atoms with Crippen molar-refractivity contribution in [2.45, 2.75) is 111 Å². The first-order valence-corrected chi connectivity index (χ1v) is 24.6. The molecule has 0 bridgehead atoms. The van der Waals surface area contributed by atoms with E-state index >= 15 is 0 Å². The third-order valence-electron chi connectivity index (χ3n) is 8.87. The number of rotatable bonds is 24. The van der Waals surface area contributed by atoms with Gasteiger partial charge in [0.15, 0.2) is 0 Å². The van der Waals surface area contributed by atoms with Crippen LogP contribution in [0.5, 0.6) is 0 Å². The zero-order valence-electron chi connectivity index (χ0n) is 36.7. The average molecular weight is 868 g/mol. The van der Waals surface area contributed by atoms with Crippen LogP contribution in [0.4, 0.5) is 0 Å². The topological polar surface area (TPSA) is 176 Å². The van der Waals surface area contributed by atoms with Crippen LogP contribution in [-0.2, 0) is 30.7 Å². The summed E-state index contributed by atoms with van der Waals surface area (Å²) in [5, 5.41) is 20.3. The molecule has 4 atom stereocenters. The average Bonchev–Trinajstić information content (AvgIpc) is 3.18. The predicted octanol–water partition coefficient (Wildman–Crippen LogP) is 8.35. The van der Waals surface area contributed by atoms with Gasteiger partial charge < -0.3 is 26.0 Å². The number of carbonyl (C=O) groups is 3. The van der Waals surface area contributed by atoms with Gasteiger partial charge in [0, 0.05) is 55.8 Å². The van der Waals surface area contributed by atoms with Crippen molar-refractivity contribution in [2.75, 3.05) is 49.7 Å². The van der Waals surface area contributed by atoms with E-state index in [4.69, 9.17) is 15.6 Å². The van der Waals surface area contributed by atoms with Crippen LogP contribution in [-0.4, -0.2) is 115 Å². The Balaban J connectivity index is 0. The smallest absolute Gasteiger partial charge is 0.326 e. The minimum absolute atomic E-state index is 0.150. The van der Waals surface area contributed by atoms with Crippen molar-refractivity contribution in [1.29, 1.82) is 0 Å². The summed E-state index contributed by atoms with van der Waals surface area (Å²) in [7, 11) is -1.70. The summed E-state index contributed by atoms with van der Waals surface area (Å²) in [6.45, 7) is 21.4. The molecule has 14 heteroatoms. The van der Waals surface area contributed by atoms with Gasteiger partial charge in [-0.15, -0.1) is 0 Å². The molecule has 0 fully saturated rings. The number of nitrogens with two attached hydrogens (primary N) is 1. The van der Waals surface area contributed by atoms with Crippen LogP contribution in [0, 0.1) is 6.92 Å². The number of methoxy groups -OCH3 is 1. The summed E-state index contributed by atoms with van der Waals surface area (Å²) in [5.74, 6) is -0.859. The summed E-state index contributed by atoms with van der Waals surface area (Å²) in [5.41, 5.74) is 10.3. The standard InChI is InChI=1S/C32H44N2O6S.C5H13NS.C5H10O2S.C2H6/c1-8-22(3)18-24(5)34(26(9-2)21-40-6)20-25-14-15-28(29(19-25)27-13-11-10-12-23(27)4)31(35)33-30(32(36)37)16-17-41(7,38)39;1-3-5(6)4-7-2;1-8-4-2-3-5(6)7;1-2/h8,10-15,19,24,26,30H,1,3,9,16-18,20-21H2,2,4-7H3,(H,33,35)(H,36,37);5H,3-4,6H2,1-2H3;2-4H2,1H3,(H,6,7);1-2H3/t24-,26+,30?;5-;;/m01../s1. The van der Waals surface area contributed by atoms with E-state index in [9.17, 15) is 27.9 Å². The number of nitrogens with one attached hydrogen (secondary N) is 1. The number of carbonyl (C=O) groups excluding carboxylic acids is 1. The van der Waals surface area contributed by atoms with E-state index in [-0.39, 0.29) is 24.3 Å². The lowest BCUT2D eigenvalue weighted by atomic mass is 9.93. The van der Waals surface area contributed by atoms with E-state index in [1.165, 1.54) is 0 Å². The third-order valence-corrected chi connectivity index (χ3v) is 11.3. The quantitative estimate of drug-likeness (QED) is 0.0587. The van der Waals surface area contributed by atoms with Crippen molar-refractivity contribution in [1.82, 2.24) is 10.2 Å². The summed E-state index contributed by atoms with van der Waals surface area (Å²) >= 11 is 3.49. The molecule has 0 heterocycles. The molecule has 0 aromatic heterocycles. The maximum absolute atomic E-state index is 13.5. The molecule has 2 aromatic rings. The van der Waals surface area contributed by atoms with Crippen molar-refractivity contribution in [3.8, 4) is 11.1 Å². The van der Waals surface area contributed by atoms with Crippen LogP contribution in [0.15, 0.2) is 67.3 Å². The molecule has 2 rings (SSSR count). The van der Waals surface area contributed by atoms with E-state index in [1.807, 2.05) is 75.2 Å². The van der Waals surface area contributed by atoms with Gasteiger partial charge >= 0.3 is 11.9 Å². The molecule has 0 radical (unpaired) electrons. The number of carboxylic acid groups (broad SMARTS) is 2. The fraction of sp³-hybridized carbons (Fsp3) is 0.568. The predicted molar refractivity (Wildman–Crippen MR) is 248 cm³/mol. The van der Waals surface area contributed by atoms with Gasteiger partial charge in [-0.05, 0) is 98.6 Å². The molecule has 0 aliphatic rings. The Morgan fingerprint density at radius 2 is 1.67 bits per heavy atom. The molecule has 0 saturated heterocycles. The van der Waals surface area contributed by atoms with E-state index in [2.05, 4.69) is 50.4 Å². The lowest BCUT2D eigenvalue weighted by Crippen LogP contribution is -2.43. The summed E-state index contributed by atoms with van der Waals surface area (Å²) in [4.78, 5) is 37.5. The minimum Gasteiger partial charge on any atom is -0.481 e. The molecule has 5 N–H and O–H groups in total. The Bertz CT molecular complexity index is 1620. The molecule has 0 saturated carbocycles. The number of aryl methyl sites for hydroxylation is 1. The van der Waals surface area contributed by atoms with Crippen LogP contribution in [0.25, 0.3) is 11.1 Å². The summed E-state index contributed by atoms with van der Waals surface area (Å²) < 4.78 is 28.8. The Morgan fingerprint density at radius 3 is 2.14 bits per heavy atom. The number of nitrogens with zero attached hydrogens (tertiary/aromatic N) is 1. The maximum Gasteiger partial charge on any atom is 0.326 e. The monoisotopic (exact) mass is 867 g/mol. The van der Waals surface area contributed by atoms with Crippen LogP contribution in [0.2, 0.25) is 0 Å². The number of hydrogen-bond acceptors (Lipinski definition) is 10. The molecule has 1 unspecified atom stereocenters. The number of allylic oxidation sites excluding steroid dienone is 1. The number of aliphatic carboxylic acids is 2. The number of ether oxygens (including phenoxy) is 1. The number of amides is 1. The summed E-state index contributed by atoms with van der Waals surface area (Å²) in [6, 6.07) is 12.6. The van der Waals surface area contributed by atoms with Gasteiger partial charge in [0.25, 0.3) is 5.91 Å². The lowest BCUT2D eigenvalue weighted by Gasteiger charge is -2.36. The molecule has 0 spiro atoms. The van der Waals surface area contributed by atoms with Gasteiger partial charge in [-0.3, -0.25) is 14.5 Å². The molecular formula is C44H73N3O8S3. The lowest BCUT2D eigenvalue weighted by molar-refractivity contribution is -0.139. The van der Waals surface area contributed by atoms with E-state index in [0.717, 1.165) is 65.7 Å². The molecule has 0 aliphatic heterocycles. The van der Waals surface area contributed by atoms with Gasteiger partial charge in [-0.25, -0.2) is 13.2 Å². The number of sulfone groups is 1. The number of carboxylic acids is 2. The third kappa shape index (κ3) is 24.7. The van der Waals surface area contributed by atoms with Crippen molar-refractivity contribution in [3.63, 3.8) is 0 Å². The Morgan fingerprint density at radius 1 is 1.03 bits per heavy atom. The molecular weight excluding hydrogens is 795 g/mol. The first-order chi connectivity index (χ1) is 27.4.